The van der Waals surface area contributed by atoms with Crippen LogP contribution < -0.4 is 4.72 Å². The lowest BCUT2D eigenvalue weighted by Gasteiger charge is -2.25. The number of hydrogen-bond acceptors (Lipinski definition) is 4. The van der Waals surface area contributed by atoms with Crippen molar-refractivity contribution in [3.05, 3.63) is 35.4 Å². The summed E-state index contributed by atoms with van der Waals surface area (Å²) in [7, 11) is -3.62. The SMILES string of the molecule is CCC(C)CS(=O)(=O)NC(=O)C1OCCc2ccccc21. The van der Waals surface area contributed by atoms with Crippen LogP contribution in [0.25, 0.3) is 0 Å². The Bertz CT molecular complexity index is 612. The largest absolute Gasteiger partial charge is 0.363 e. The summed E-state index contributed by atoms with van der Waals surface area (Å²) in [6, 6.07) is 7.46. The Labute approximate surface area is 125 Å². The highest BCUT2D eigenvalue weighted by Gasteiger charge is 2.30. The van der Waals surface area contributed by atoms with E-state index in [9.17, 15) is 13.2 Å². The van der Waals surface area contributed by atoms with Crippen LogP contribution in [0.4, 0.5) is 0 Å². The van der Waals surface area contributed by atoms with E-state index in [4.69, 9.17) is 4.74 Å². The van der Waals surface area contributed by atoms with Gasteiger partial charge in [-0.15, -0.1) is 0 Å². The van der Waals surface area contributed by atoms with Gasteiger partial charge in [0.15, 0.2) is 6.10 Å². The van der Waals surface area contributed by atoms with E-state index < -0.39 is 22.0 Å². The van der Waals surface area contributed by atoms with Crippen LogP contribution in [-0.4, -0.2) is 26.7 Å². The summed E-state index contributed by atoms with van der Waals surface area (Å²) in [4.78, 5) is 12.2. The fraction of sp³-hybridized carbons (Fsp3) is 0.533. The van der Waals surface area contributed by atoms with E-state index in [2.05, 4.69) is 4.72 Å². The number of rotatable bonds is 5. The van der Waals surface area contributed by atoms with Crippen molar-refractivity contribution in [2.75, 3.05) is 12.4 Å². The second-order valence-electron chi connectivity index (χ2n) is 5.46. The highest BCUT2D eigenvalue weighted by atomic mass is 32.2. The Morgan fingerprint density at radius 1 is 1.43 bits per heavy atom. The normalized spacial score (nSPS) is 19.6. The molecule has 2 atom stereocenters. The molecule has 116 valence electrons. The van der Waals surface area contributed by atoms with Crippen LogP contribution in [-0.2, 0) is 26.0 Å². The van der Waals surface area contributed by atoms with Gasteiger partial charge in [0.1, 0.15) is 0 Å². The molecule has 0 aromatic heterocycles. The Morgan fingerprint density at radius 3 is 2.86 bits per heavy atom. The Kier molecular flexibility index (Phi) is 5.00. The van der Waals surface area contributed by atoms with E-state index in [0.717, 1.165) is 24.0 Å². The molecule has 0 saturated carbocycles. The molecule has 1 N–H and O–H groups in total. The first-order valence-corrected chi connectivity index (χ1v) is 8.82. The van der Waals surface area contributed by atoms with E-state index in [0.29, 0.717) is 6.61 Å². The summed E-state index contributed by atoms with van der Waals surface area (Å²) in [5, 5.41) is 0. The number of amides is 1. The minimum atomic E-state index is -3.62. The van der Waals surface area contributed by atoms with Gasteiger partial charge in [-0.1, -0.05) is 44.5 Å². The molecule has 1 aliphatic rings. The third kappa shape index (κ3) is 4.04. The van der Waals surface area contributed by atoms with Crippen molar-refractivity contribution in [2.24, 2.45) is 5.92 Å². The van der Waals surface area contributed by atoms with Gasteiger partial charge in [-0.3, -0.25) is 9.52 Å². The second kappa shape index (κ2) is 6.58. The van der Waals surface area contributed by atoms with Crippen LogP contribution in [0.15, 0.2) is 24.3 Å². The zero-order valence-electron chi connectivity index (χ0n) is 12.3. The van der Waals surface area contributed by atoms with Crippen LogP contribution in [0.5, 0.6) is 0 Å². The molecule has 1 aliphatic heterocycles. The van der Waals surface area contributed by atoms with Crippen molar-refractivity contribution in [1.29, 1.82) is 0 Å². The summed E-state index contributed by atoms with van der Waals surface area (Å²) in [5.41, 5.74) is 1.78. The minimum Gasteiger partial charge on any atom is -0.363 e. The van der Waals surface area contributed by atoms with Crippen LogP contribution in [0.2, 0.25) is 0 Å². The lowest BCUT2D eigenvalue weighted by Crippen LogP contribution is -2.39. The number of sulfonamides is 1. The molecule has 0 fully saturated rings. The van der Waals surface area contributed by atoms with Crippen molar-refractivity contribution in [2.45, 2.75) is 32.8 Å². The van der Waals surface area contributed by atoms with Gasteiger partial charge in [-0.2, -0.15) is 0 Å². The highest BCUT2D eigenvalue weighted by Crippen LogP contribution is 2.27. The van der Waals surface area contributed by atoms with Crippen molar-refractivity contribution in [1.82, 2.24) is 4.72 Å². The quantitative estimate of drug-likeness (QED) is 0.900. The molecular formula is C15H21NO4S. The van der Waals surface area contributed by atoms with Crippen LogP contribution in [0.1, 0.15) is 37.5 Å². The third-order valence-corrected chi connectivity index (χ3v) is 5.21. The molecule has 0 radical (unpaired) electrons. The van der Waals surface area contributed by atoms with Crippen LogP contribution >= 0.6 is 0 Å². The van der Waals surface area contributed by atoms with Crippen LogP contribution in [0, 0.1) is 5.92 Å². The summed E-state index contributed by atoms with van der Waals surface area (Å²) in [6.45, 7) is 4.18. The summed E-state index contributed by atoms with van der Waals surface area (Å²) >= 11 is 0. The van der Waals surface area contributed by atoms with Crippen molar-refractivity contribution in [3.63, 3.8) is 0 Å². The van der Waals surface area contributed by atoms with E-state index in [1.807, 2.05) is 32.0 Å². The first-order chi connectivity index (χ1) is 9.93. The van der Waals surface area contributed by atoms with Gasteiger partial charge in [0.2, 0.25) is 10.0 Å². The number of hydrogen-bond donors (Lipinski definition) is 1. The van der Waals surface area contributed by atoms with Crippen molar-refractivity contribution >= 4 is 15.9 Å². The topological polar surface area (TPSA) is 72.5 Å². The zero-order valence-corrected chi connectivity index (χ0v) is 13.2. The lowest BCUT2D eigenvalue weighted by molar-refractivity contribution is -0.132. The van der Waals surface area contributed by atoms with Crippen LogP contribution in [0.3, 0.4) is 0 Å². The molecule has 2 unspecified atom stereocenters. The average molecular weight is 311 g/mol. The molecule has 0 aliphatic carbocycles. The van der Waals surface area contributed by atoms with Gasteiger partial charge in [0.05, 0.1) is 12.4 Å². The van der Waals surface area contributed by atoms with E-state index in [1.54, 1.807) is 6.07 Å². The number of carbonyl (C=O) groups excluding carboxylic acids is 1. The number of ether oxygens (including phenoxy) is 1. The molecular weight excluding hydrogens is 290 g/mol. The number of nitrogens with one attached hydrogen (secondary N) is 1. The first kappa shape index (κ1) is 16.0. The third-order valence-electron chi connectivity index (χ3n) is 3.69. The molecule has 0 bridgehead atoms. The Hall–Kier alpha value is -1.40. The predicted molar refractivity (Wildman–Crippen MR) is 80.2 cm³/mol. The van der Waals surface area contributed by atoms with Gasteiger partial charge in [-0.05, 0) is 23.5 Å². The maximum Gasteiger partial charge on any atom is 0.267 e. The number of carbonyl (C=O) groups is 1. The first-order valence-electron chi connectivity index (χ1n) is 7.16. The minimum absolute atomic E-state index is 0.00913. The fourth-order valence-electron chi connectivity index (χ4n) is 2.35. The van der Waals surface area contributed by atoms with Gasteiger partial charge in [0.25, 0.3) is 5.91 Å². The lowest BCUT2D eigenvalue weighted by atomic mass is 9.97. The molecule has 1 amide bonds. The zero-order chi connectivity index (χ0) is 15.5. The summed E-state index contributed by atoms with van der Waals surface area (Å²) in [6.07, 6.45) is 0.638. The summed E-state index contributed by atoms with van der Waals surface area (Å²) in [5.74, 6) is -0.649. The molecule has 21 heavy (non-hydrogen) atoms. The van der Waals surface area contributed by atoms with Gasteiger partial charge >= 0.3 is 0 Å². The second-order valence-corrected chi connectivity index (χ2v) is 7.23. The Balaban J connectivity index is 2.12. The molecule has 0 saturated heterocycles. The van der Waals surface area contributed by atoms with Crippen molar-refractivity contribution < 1.29 is 17.9 Å². The molecule has 2 rings (SSSR count). The molecule has 1 aromatic rings. The highest BCUT2D eigenvalue weighted by molar-refractivity contribution is 7.90. The molecule has 1 aromatic carbocycles. The number of fused-ring (bicyclic) bond motifs is 1. The Morgan fingerprint density at radius 2 is 2.14 bits per heavy atom. The average Bonchev–Trinajstić information content (AvgIpc) is 2.45. The standard InChI is InChI=1S/C15H21NO4S/c1-3-11(2)10-21(18,19)16-15(17)14-13-7-5-4-6-12(13)8-9-20-14/h4-7,11,14H,3,8-10H2,1-2H3,(H,16,17). The molecule has 1 heterocycles. The predicted octanol–water partition coefficient (Wildman–Crippen LogP) is 1.79. The molecule has 6 heteroatoms. The van der Waals surface area contributed by atoms with E-state index in [1.165, 1.54) is 0 Å². The number of benzene rings is 1. The van der Waals surface area contributed by atoms with Gasteiger partial charge in [0, 0.05) is 0 Å². The molecule has 5 nitrogen and oxygen atoms in total. The van der Waals surface area contributed by atoms with Crippen molar-refractivity contribution in [3.8, 4) is 0 Å². The molecule has 0 spiro atoms. The van der Waals surface area contributed by atoms with Gasteiger partial charge in [-0.25, -0.2) is 8.42 Å². The maximum atomic E-state index is 12.2. The fourth-order valence-corrected chi connectivity index (χ4v) is 3.83. The maximum absolute atomic E-state index is 12.2. The van der Waals surface area contributed by atoms with Gasteiger partial charge < -0.3 is 4.74 Å². The van der Waals surface area contributed by atoms with E-state index in [-0.39, 0.29) is 11.7 Å². The smallest absolute Gasteiger partial charge is 0.267 e. The monoisotopic (exact) mass is 311 g/mol. The van der Waals surface area contributed by atoms with E-state index >= 15 is 0 Å². The summed E-state index contributed by atoms with van der Waals surface area (Å²) < 4.78 is 31.6.